The van der Waals surface area contributed by atoms with Gasteiger partial charge in [0, 0.05) is 0 Å². The summed E-state index contributed by atoms with van der Waals surface area (Å²) in [7, 11) is 0. The molecule has 0 amide bonds. The SMILES string of the molecule is CC(C)(Cl)C(=O)C#N. The van der Waals surface area contributed by atoms with Crippen molar-refractivity contribution in [1.29, 1.82) is 5.26 Å². The second kappa shape index (κ2) is 2.15. The number of nitrogens with zero attached hydrogens (tertiary/aromatic N) is 1. The number of hydrogen-bond acceptors (Lipinski definition) is 2. The molecule has 0 saturated carbocycles. The van der Waals surface area contributed by atoms with Gasteiger partial charge in [-0.25, -0.2) is 0 Å². The summed E-state index contributed by atoms with van der Waals surface area (Å²) >= 11 is 5.41. The monoisotopic (exact) mass is 131 g/mol. The summed E-state index contributed by atoms with van der Waals surface area (Å²) < 4.78 is 0. The Morgan fingerprint density at radius 1 is 1.75 bits per heavy atom. The molecule has 0 bridgehead atoms. The Bertz CT molecular complexity index is 139. The van der Waals surface area contributed by atoms with Crippen LogP contribution in [0, 0.1) is 11.3 Å². The lowest BCUT2D eigenvalue weighted by Gasteiger charge is -2.05. The van der Waals surface area contributed by atoms with Gasteiger partial charge in [-0.3, -0.25) is 4.79 Å². The zero-order valence-corrected chi connectivity index (χ0v) is 5.49. The van der Waals surface area contributed by atoms with E-state index in [1.54, 1.807) is 0 Å². The fourth-order valence-corrected chi connectivity index (χ4v) is 0.175. The molecule has 0 aliphatic heterocycles. The van der Waals surface area contributed by atoms with Crippen LogP contribution in [0.2, 0.25) is 0 Å². The third kappa shape index (κ3) is 1.94. The third-order valence-electron chi connectivity index (χ3n) is 0.641. The molecular weight excluding hydrogens is 126 g/mol. The van der Waals surface area contributed by atoms with Gasteiger partial charge in [-0.05, 0) is 13.8 Å². The van der Waals surface area contributed by atoms with Gasteiger partial charge in [-0.2, -0.15) is 5.26 Å². The Labute approximate surface area is 53.1 Å². The average Bonchev–Trinajstić information content (AvgIpc) is 1.62. The largest absolute Gasteiger partial charge is 0.281 e. The van der Waals surface area contributed by atoms with Crippen LogP contribution in [0.25, 0.3) is 0 Å². The summed E-state index contributed by atoms with van der Waals surface area (Å²) in [5.41, 5.74) is 0. The van der Waals surface area contributed by atoms with Gasteiger partial charge >= 0.3 is 0 Å². The molecule has 0 unspecified atom stereocenters. The molecule has 0 radical (unpaired) electrons. The summed E-state index contributed by atoms with van der Waals surface area (Å²) in [5.74, 6) is -0.598. The molecule has 0 fully saturated rings. The molecule has 0 aromatic heterocycles. The molecular formula is C5H6ClNO. The summed E-state index contributed by atoms with van der Waals surface area (Å²) in [6.45, 7) is 2.97. The van der Waals surface area contributed by atoms with E-state index < -0.39 is 10.7 Å². The zero-order chi connectivity index (χ0) is 6.78. The fraction of sp³-hybridized carbons (Fsp3) is 0.600. The Balaban J connectivity index is 4.09. The highest BCUT2D eigenvalue weighted by Crippen LogP contribution is 2.12. The normalized spacial score (nSPS) is 10.2. The minimum atomic E-state index is -1.02. The maximum atomic E-state index is 10.3. The number of hydrogen-bond donors (Lipinski definition) is 0. The molecule has 2 nitrogen and oxygen atoms in total. The summed E-state index contributed by atoms with van der Waals surface area (Å²) in [6.07, 6.45) is 0. The topological polar surface area (TPSA) is 40.9 Å². The first-order valence-electron chi connectivity index (χ1n) is 2.12. The van der Waals surface area contributed by atoms with Crippen molar-refractivity contribution in [2.24, 2.45) is 0 Å². The summed E-state index contributed by atoms with van der Waals surface area (Å²) in [5, 5.41) is 7.99. The van der Waals surface area contributed by atoms with E-state index in [0.717, 1.165) is 0 Å². The molecule has 0 heterocycles. The van der Waals surface area contributed by atoms with E-state index >= 15 is 0 Å². The zero-order valence-electron chi connectivity index (χ0n) is 4.73. The summed E-state index contributed by atoms with van der Waals surface area (Å²) in [4.78, 5) is 9.32. The molecule has 44 valence electrons. The van der Waals surface area contributed by atoms with Crippen LogP contribution in [0.15, 0.2) is 0 Å². The molecule has 0 saturated heterocycles. The molecule has 3 heteroatoms. The van der Waals surface area contributed by atoms with E-state index in [0.29, 0.717) is 0 Å². The van der Waals surface area contributed by atoms with Crippen LogP contribution in [0.1, 0.15) is 13.8 Å². The van der Waals surface area contributed by atoms with Crippen molar-refractivity contribution >= 4 is 17.4 Å². The van der Waals surface area contributed by atoms with E-state index in [9.17, 15) is 4.79 Å². The predicted molar refractivity (Wildman–Crippen MR) is 30.6 cm³/mol. The number of halogens is 1. The van der Waals surface area contributed by atoms with Gasteiger partial charge in [0.25, 0.3) is 5.78 Å². The smallest absolute Gasteiger partial charge is 0.252 e. The molecule has 8 heavy (non-hydrogen) atoms. The van der Waals surface area contributed by atoms with Crippen molar-refractivity contribution in [2.45, 2.75) is 18.7 Å². The van der Waals surface area contributed by atoms with E-state index in [1.165, 1.54) is 19.9 Å². The van der Waals surface area contributed by atoms with Crippen molar-refractivity contribution in [3.8, 4) is 6.07 Å². The highest BCUT2D eigenvalue weighted by Gasteiger charge is 2.22. The van der Waals surface area contributed by atoms with Crippen LogP contribution >= 0.6 is 11.6 Å². The van der Waals surface area contributed by atoms with Gasteiger partial charge in [0.15, 0.2) is 0 Å². The highest BCUT2D eigenvalue weighted by atomic mass is 35.5. The molecule has 0 aliphatic rings. The first kappa shape index (κ1) is 7.45. The minimum Gasteiger partial charge on any atom is -0.281 e. The second-order valence-electron chi connectivity index (χ2n) is 1.91. The van der Waals surface area contributed by atoms with Crippen LogP contribution in [0.4, 0.5) is 0 Å². The standard InChI is InChI=1S/C5H6ClNO/c1-5(2,6)4(8)3-7/h1-2H3. The molecule has 0 N–H and O–H groups in total. The number of alkyl halides is 1. The van der Waals surface area contributed by atoms with E-state index in [2.05, 4.69) is 0 Å². The van der Waals surface area contributed by atoms with E-state index in [-0.39, 0.29) is 0 Å². The van der Waals surface area contributed by atoms with E-state index in [4.69, 9.17) is 16.9 Å². The van der Waals surface area contributed by atoms with Crippen molar-refractivity contribution < 1.29 is 4.79 Å². The second-order valence-corrected chi connectivity index (χ2v) is 2.86. The van der Waals surface area contributed by atoms with E-state index in [1.807, 2.05) is 0 Å². The van der Waals surface area contributed by atoms with Crippen LogP contribution in [-0.4, -0.2) is 10.7 Å². The lowest BCUT2D eigenvalue weighted by Crippen LogP contribution is -2.22. The Hall–Kier alpha value is -0.550. The first-order valence-corrected chi connectivity index (χ1v) is 2.49. The number of carbonyl (C=O) groups is 1. The lowest BCUT2D eigenvalue weighted by molar-refractivity contribution is -0.115. The van der Waals surface area contributed by atoms with Crippen LogP contribution in [0.3, 0.4) is 0 Å². The van der Waals surface area contributed by atoms with Gasteiger partial charge in [0.2, 0.25) is 0 Å². The van der Waals surface area contributed by atoms with Crippen molar-refractivity contribution in [3.05, 3.63) is 0 Å². The van der Waals surface area contributed by atoms with Crippen molar-refractivity contribution in [3.63, 3.8) is 0 Å². The Morgan fingerprint density at radius 3 is 2.12 bits per heavy atom. The van der Waals surface area contributed by atoms with Gasteiger partial charge in [0.05, 0.1) is 0 Å². The van der Waals surface area contributed by atoms with Crippen molar-refractivity contribution in [1.82, 2.24) is 0 Å². The quantitative estimate of drug-likeness (QED) is 0.395. The molecule has 0 aromatic rings. The molecule has 0 aromatic carbocycles. The average molecular weight is 132 g/mol. The third-order valence-corrected chi connectivity index (χ3v) is 0.813. The van der Waals surface area contributed by atoms with Crippen LogP contribution in [0.5, 0.6) is 0 Å². The Kier molecular flexibility index (Phi) is 2.00. The summed E-state index contributed by atoms with van der Waals surface area (Å²) in [6, 6.07) is 1.43. The van der Waals surface area contributed by atoms with Crippen molar-refractivity contribution in [2.75, 3.05) is 0 Å². The van der Waals surface area contributed by atoms with Crippen LogP contribution in [-0.2, 0) is 4.79 Å². The molecule has 0 spiro atoms. The number of nitriles is 1. The van der Waals surface area contributed by atoms with Gasteiger partial charge in [-0.15, -0.1) is 11.6 Å². The maximum Gasteiger partial charge on any atom is 0.252 e. The maximum absolute atomic E-state index is 10.3. The van der Waals surface area contributed by atoms with Gasteiger partial charge in [-0.1, -0.05) is 0 Å². The number of Topliss-reactive ketones (excluding diaryl/α,β-unsaturated/α-hetero) is 1. The molecule has 0 rings (SSSR count). The lowest BCUT2D eigenvalue weighted by atomic mass is 10.1. The van der Waals surface area contributed by atoms with Crippen LogP contribution < -0.4 is 0 Å². The number of ketones is 1. The first-order chi connectivity index (χ1) is 3.48. The fourth-order valence-electron chi connectivity index (χ4n) is 0.133. The van der Waals surface area contributed by atoms with Gasteiger partial charge < -0.3 is 0 Å². The highest BCUT2D eigenvalue weighted by molar-refractivity contribution is 6.37. The van der Waals surface area contributed by atoms with Gasteiger partial charge in [0.1, 0.15) is 10.9 Å². The number of rotatable bonds is 1. The Morgan fingerprint density at radius 2 is 2.12 bits per heavy atom. The predicted octanol–water partition coefficient (Wildman–Crippen LogP) is 1.10. The molecule has 0 aliphatic carbocycles. The number of carbonyl (C=O) groups excluding carboxylic acids is 1. The molecule has 0 atom stereocenters. The minimum absolute atomic E-state index is 0.598.